The SMILES string of the molecule is CCCCOc1ccc(C2CCC(CC(=O)C3CCC(CCC)CC3=O)CC2)cc1. The number of carbonyl (C=O) groups excluding carboxylic acids is 2. The minimum Gasteiger partial charge on any atom is -0.494 e. The summed E-state index contributed by atoms with van der Waals surface area (Å²) in [6.45, 7) is 5.14. The maximum absolute atomic E-state index is 12.8. The van der Waals surface area contributed by atoms with E-state index in [0.717, 1.165) is 76.6 Å². The molecular formula is C27H40O3. The van der Waals surface area contributed by atoms with Crippen molar-refractivity contribution in [2.45, 2.75) is 96.8 Å². The first-order valence-electron chi connectivity index (χ1n) is 12.4. The van der Waals surface area contributed by atoms with E-state index >= 15 is 0 Å². The molecule has 0 aliphatic heterocycles. The van der Waals surface area contributed by atoms with Crippen LogP contribution in [0.4, 0.5) is 0 Å². The van der Waals surface area contributed by atoms with Crippen molar-refractivity contribution in [3.63, 3.8) is 0 Å². The van der Waals surface area contributed by atoms with Gasteiger partial charge in [0.2, 0.25) is 0 Å². The maximum Gasteiger partial charge on any atom is 0.143 e. The summed E-state index contributed by atoms with van der Waals surface area (Å²) < 4.78 is 5.77. The van der Waals surface area contributed by atoms with Crippen molar-refractivity contribution in [2.24, 2.45) is 17.8 Å². The molecule has 0 spiro atoms. The van der Waals surface area contributed by atoms with Gasteiger partial charge in [-0.3, -0.25) is 9.59 Å². The van der Waals surface area contributed by atoms with Gasteiger partial charge < -0.3 is 4.74 Å². The van der Waals surface area contributed by atoms with Crippen molar-refractivity contribution in [3.8, 4) is 5.75 Å². The summed E-state index contributed by atoms with van der Waals surface area (Å²) >= 11 is 0. The Morgan fingerprint density at radius 2 is 1.63 bits per heavy atom. The number of hydrogen-bond donors (Lipinski definition) is 0. The van der Waals surface area contributed by atoms with Gasteiger partial charge in [-0.25, -0.2) is 0 Å². The van der Waals surface area contributed by atoms with Crippen molar-refractivity contribution in [1.82, 2.24) is 0 Å². The van der Waals surface area contributed by atoms with Gasteiger partial charge in [-0.1, -0.05) is 45.2 Å². The van der Waals surface area contributed by atoms with E-state index in [2.05, 4.69) is 38.1 Å². The topological polar surface area (TPSA) is 43.4 Å². The minimum atomic E-state index is -0.295. The van der Waals surface area contributed by atoms with E-state index in [4.69, 9.17) is 4.74 Å². The summed E-state index contributed by atoms with van der Waals surface area (Å²) in [5, 5.41) is 0. The summed E-state index contributed by atoms with van der Waals surface area (Å²) in [6, 6.07) is 8.62. The predicted octanol–water partition coefficient (Wildman–Crippen LogP) is 6.88. The van der Waals surface area contributed by atoms with Crippen molar-refractivity contribution in [3.05, 3.63) is 29.8 Å². The highest BCUT2D eigenvalue weighted by Crippen LogP contribution is 2.39. The summed E-state index contributed by atoms with van der Waals surface area (Å²) in [5.74, 6) is 2.69. The smallest absolute Gasteiger partial charge is 0.143 e. The Labute approximate surface area is 183 Å². The summed E-state index contributed by atoms with van der Waals surface area (Å²) in [7, 11) is 0. The summed E-state index contributed by atoms with van der Waals surface area (Å²) in [5.41, 5.74) is 1.40. The van der Waals surface area contributed by atoms with Crippen LogP contribution in [-0.2, 0) is 9.59 Å². The molecule has 1 aromatic rings. The third-order valence-electron chi connectivity index (χ3n) is 7.28. The monoisotopic (exact) mass is 412 g/mol. The van der Waals surface area contributed by atoms with Crippen molar-refractivity contribution in [2.75, 3.05) is 6.61 Å². The van der Waals surface area contributed by atoms with Crippen LogP contribution in [0, 0.1) is 17.8 Å². The number of ether oxygens (including phenoxy) is 1. The molecule has 3 rings (SSSR count). The Hall–Kier alpha value is -1.64. The lowest BCUT2D eigenvalue weighted by Gasteiger charge is -2.31. The van der Waals surface area contributed by atoms with Gasteiger partial charge in [-0.15, -0.1) is 0 Å². The van der Waals surface area contributed by atoms with E-state index < -0.39 is 0 Å². The molecule has 0 radical (unpaired) electrons. The molecule has 0 aromatic heterocycles. The standard InChI is InChI=1S/C27H40O3/c1-3-5-17-30-24-14-12-23(13-15-24)22-10-7-21(8-11-22)19-27(29)25-16-9-20(6-4-2)18-26(25)28/h12-15,20-22,25H,3-11,16-19H2,1-2H3. The average molecular weight is 413 g/mol. The molecule has 2 aliphatic carbocycles. The van der Waals surface area contributed by atoms with Crippen LogP contribution < -0.4 is 4.74 Å². The van der Waals surface area contributed by atoms with Crippen molar-refractivity contribution >= 4 is 11.6 Å². The molecule has 2 saturated carbocycles. The van der Waals surface area contributed by atoms with E-state index in [1.165, 1.54) is 5.56 Å². The fourth-order valence-corrected chi connectivity index (χ4v) is 5.38. The molecule has 0 saturated heterocycles. The van der Waals surface area contributed by atoms with Crippen LogP contribution in [0.15, 0.2) is 24.3 Å². The third kappa shape index (κ3) is 6.43. The van der Waals surface area contributed by atoms with Gasteiger partial charge in [0.1, 0.15) is 17.3 Å². The van der Waals surface area contributed by atoms with Crippen LogP contribution in [0.3, 0.4) is 0 Å². The van der Waals surface area contributed by atoms with Crippen LogP contribution in [-0.4, -0.2) is 18.2 Å². The lowest BCUT2D eigenvalue weighted by atomic mass is 9.73. The Kier molecular flexibility index (Phi) is 8.96. The molecule has 166 valence electrons. The largest absolute Gasteiger partial charge is 0.494 e. The number of benzene rings is 1. The van der Waals surface area contributed by atoms with E-state index in [9.17, 15) is 9.59 Å². The number of rotatable bonds is 10. The molecule has 1 aromatic carbocycles. The molecule has 2 aliphatic rings. The molecule has 2 unspecified atom stereocenters. The number of unbranched alkanes of at least 4 members (excludes halogenated alkanes) is 1. The fourth-order valence-electron chi connectivity index (χ4n) is 5.38. The van der Waals surface area contributed by atoms with E-state index in [1.54, 1.807) is 0 Å². The number of ketones is 2. The van der Waals surface area contributed by atoms with Gasteiger partial charge in [-0.2, -0.15) is 0 Å². The molecule has 3 nitrogen and oxygen atoms in total. The molecule has 2 fully saturated rings. The van der Waals surface area contributed by atoms with Crippen LogP contribution in [0.25, 0.3) is 0 Å². The van der Waals surface area contributed by atoms with Crippen LogP contribution >= 0.6 is 0 Å². The average Bonchev–Trinajstić information content (AvgIpc) is 2.75. The van der Waals surface area contributed by atoms with Crippen molar-refractivity contribution < 1.29 is 14.3 Å². The zero-order valence-corrected chi connectivity index (χ0v) is 19.0. The second-order valence-electron chi connectivity index (χ2n) is 9.61. The Bertz CT molecular complexity index is 670. The maximum atomic E-state index is 12.8. The van der Waals surface area contributed by atoms with Gasteiger partial charge in [-0.05, 0) is 80.4 Å². The first kappa shape index (κ1) is 23.0. The van der Waals surface area contributed by atoms with E-state index in [0.29, 0.717) is 30.6 Å². The Morgan fingerprint density at radius 1 is 0.933 bits per heavy atom. The number of hydrogen-bond acceptors (Lipinski definition) is 3. The van der Waals surface area contributed by atoms with Gasteiger partial charge in [0.15, 0.2) is 0 Å². The zero-order valence-electron chi connectivity index (χ0n) is 19.0. The second-order valence-corrected chi connectivity index (χ2v) is 9.61. The van der Waals surface area contributed by atoms with Crippen LogP contribution in [0.5, 0.6) is 5.75 Å². The molecule has 0 amide bonds. The summed E-state index contributed by atoms with van der Waals surface area (Å²) in [6.07, 6.45) is 12.1. The molecule has 0 N–H and O–H groups in total. The quantitative estimate of drug-likeness (QED) is 0.310. The van der Waals surface area contributed by atoms with Crippen LogP contribution in [0.2, 0.25) is 0 Å². The normalized spacial score (nSPS) is 27.1. The highest BCUT2D eigenvalue weighted by atomic mass is 16.5. The van der Waals surface area contributed by atoms with Gasteiger partial charge in [0, 0.05) is 12.8 Å². The summed E-state index contributed by atoms with van der Waals surface area (Å²) in [4.78, 5) is 25.3. The van der Waals surface area contributed by atoms with E-state index in [-0.39, 0.29) is 17.5 Å². The predicted molar refractivity (Wildman–Crippen MR) is 122 cm³/mol. The Morgan fingerprint density at radius 3 is 2.27 bits per heavy atom. The lowest BCUT2D eigenvalue weighted by molar-refractivity contribution is -0.136. The minimum absolute atomic E-state index is 0.222. The third-order valence-corrected chi connectivity index (χ3v) is 7.28. The fraction of sp³-hybridized carbons (Fsp3) is 0.704. The zero-order chi connectivity index (χ0) is 21.3. The first-order chi connectivity index (χ1) is 14.6. The molecule has 30 heavy (non-hydrogen) atoms. The molecule has 0 heterocycles. The Balaban J connectivity index is 1.42. The molecule has 2 atom stereocenters. The highest BCUT2D eigenvalue weighted by Gasteiger charge is 2.34. The highest BCUT2D eigenvalue weighted by molar-refractivity contribution is 6.02. The molecule has 3 heteroatoms. The van der Waals surface area contributed by atoms with E-state index in [1.807, 2.05) is 0 Å². The molecular weight excluding hydrogens is 372 g/mol. The van der Waals surface area contributed by atoms with Crippen LogP contribution in [0.1, 0.15) is 102 Å². The lowest BCUT2D eigenvalue weighted by Crippen LogP contribution is -2.32. The number of Topliss-reactive ketones (excluding diaryl/α,β-unsaturated/α-hetero) is 2. The van der Waals surface area contributed by atoms with Gasteiger partial charge in [0.25, 0.3) is 0 Å². The molecule has 0 bridgehead atoms. The number of carbonyl (C=O) groups is 2. The second kappa shape index (κ2) is 11.7. The first-order valence-corrected chi connectivity index (χ1v) is 12.4. The van der Waals surface area contributed by atoms with Gasteiger partial charge in [0.05, 0.1) is 12.5 Å². The van der Waals surface area contributed by atoms with Gasteiger partial charge >= 0.3 is 0 Å². The van der Waals surface area contributed by atoms with Crippen molar-refractivity contribution in [1.29, 1.82) is 0 Å².